The fourth-order valence-electron chi connectivity index (χ4n) is 1.55. The highest BCUT2D eigenvalue weighted by Gasteiger charge is 2.17. The number of aliphatic hydroxyl groups is 1. The predicted octanol–water partition coefficient (Wildman–Crippen LogP) is 2.22. The number of phenolic OH excluding ortho intramolecular Hbond substituents is 1. The summed E-state index contributed by atoms with van der Waals surface area (Å²) in [7, 11) is 0. The van der Waals surface area contributed by atoms with Crippen molar-refractivity contribution in [3.8, 4) is 5.75 Å². The zero-order chi connectivity index (χ0) is 11.4. The van der Waals surface area contributed by atoms with Crippen molar-refractivity contribution in [3.05, 3.63) is 29.8 Å². The first-order valence-corrected chi connectivity index (χ1v) is 5.23. The number of halogens is 1. The molecule has 0 aliphatic heterocycles. The number of hydrogen-bond acceptors (Lipinski definition) is 3. The van der Waals surface area contributed by atoms with Crippen LogP contribution < -0.4 is 5.73 Å². The zero-order valence-corrected chi connectivity index (χ0v) is 10.4. The molecule has 2 atom stereocenters. The number of nitrogens with two attached hydrogens (primary N) is 1. The van der Waals surface area contributed by atoms with Crippen LogP contribution in [0.3, 0.4) is 0 Å². The Hall–Kier alpha value is -0.770. The molecule has 16 heavy (non-hydrogen) atoms. The molecule has 92 valence electrons. The maximum Gasteiger partial charge on any atom is 0.115 e. The van der Waals surface area contributed by atoms with E-state index in [9.17, 15) is 5.11 Å². The van der Waals surface area contributed by atoms with E-state index in [1.807, 2.05) is 13.8 Å². The Kier molecular flexibility index (Phi) is 6.41. The first-order chi connectivity index (χ1) is 7.00. The second kappa shape index (κ2) is 6.74. The van der Waals surface area contributed by atoms with Gasteiger partial charge in [-0.2, -0.15) is 0 Å². The summed E-state index contributed by atoms with van der Waals surface area (Å²) < 4.78 is 0. The van der Waals surface area contributed by atoms with Crippen molar-refractivity contribution in [2.75, 3.05) is 0 Å². The molecule has 0 heterocycles. The van der Waals surface area contributed by atoms with Crippen molar-refractivity contribution in [3.63, 3.8) is 0 Å². The second-order valence-corrected chi connectivity index (χ2v) is 4.31. The normalized spacial score (nSPS) is 14.3. The molecule has 0 aliphatic carbocycles. The van der Waals surface area contributed by atoms with Crippen molar-refractivity contribution in [2.45, 2.75) is 32.4 Å². The zero-order valence-electron chi connectivity index (χ0n) is 9.63. The average Bonchev–Trinajstić information content (AvgIpc) is 2.17. The van der Waals surface area contributed by atoms with Gasteiger partial charge in [0.1, 0.15) is 5.75 Å². The molecular formula is C12H20ClNO2. The maximum absolute atomic E-state index is 9.82. The van der Waals surface area contributed by atoms with E-state index in [1.54, 1.807) is 24.3 Å². The molecule has 0 saturated heterocycles. The van der Waals surface area contributed by atoms with Crippen molar-refractivity contribution >= 4 is 12.4 Å². The Morgan fingerprint density at radius 2 is 1.69 bits per heavy atom. The lowest BCUT2D eigenvalue weighted by atomic mass is 9.95. The molecular weight excluding hydrogens is 226 g/mol. The summed E-state index contributed by atoms with van der Waals surface area (Å²) in [5.41, 5.74) is 6.75. The molecule has 4 heteroatoms. The first-order valence-electron chi connectivity index (χ1n) is 5.23. The number of hydrogen-bond donors (Lipinski definition) is 3. The van der Waals surface area contributed by atoms with Crippen LogP contribution in [0.4, 0.5) is 0 Å². The van der Waals surface area contributed by atoms with Crippen LogP contribution in [-0.4, -0.2) is 16.3 Å². The van der Waals surface area contributed by atoms with E-state index in [0.717, 1.165) is 5.56 Å². The van der Waals surface area contributed by atoms with Crippen LogP contribution in [0.5, 0.6) is 5.75 Å². The highest BCUT2D eigenvalue weighted by atomic mass is 35.5. The van der Waals surface area contributed by atoms with Gasteiger partial charge in [0.05, 0.1) is 12.1 Å². The minimum Gasteiger partial charge on any atom is -0.508 e. The molecule has 0 aromatic heterocycles. The van der Waals surface area contributed by atoms with Crippen LogP contribution >= 0.6 is 12.4 Å². The van der Waals surface area contributed by atoms with Gasteiger partial charge in [-0.25, -0.2) is 0 Å². The Bertz CT molecular complexity index is 300. The van der Waals surface area contributed by atoms with Crippen LogP contribution in [-0.2, 0) is 0 Å². The van der Waals surface area contributed by atoms with Crippen LogP contribution in [0.25, 0.3) is 0 Å². The summed E-state index contributed by atoms with van der Waals surface area (Å²) in [6.07, 6.45) is 0.150. The van der Waals surface area contributed by atoms with Crippen LogP contribution in [0.15, 0.2) is 24.3 Å². The van der Waals surface area contributed by atoms with Gasteiger partial charge >= 0.3 is 0 Å². The minimum absolute atomic E-state index is 0. The third-order valence-electron chi connectivity index (χ3n) is 2.41. The highest BCUT2D eigenvalue weighted by Crippen LogP contribution is 2.21. The molecule has 0 spiro atoms. The fraction of sp³-hybridized carbons (Fsp3) is 0.500. The predicted molar refractivity (Wildman–Crippen MR) is 67.7 cm³/mol. The SMILES string of the molecule is CC(C)C[C@@H](O)[C@@H](N)c1ccc(O)cc1.Cl. The molecule has 0 fully saturated rings. The van der Waals surface area contributed by atoms with Crippen molar-refractivity contribution in [2.24, 2.45) is 11.7 Å². The van der Waals surface area contributed by atoms with Gasteiger partial charge in [-0.3, -0.25) is 0 Å². The van der Waals surface area contributed by atoms with E-state index < -0.39 is 6.10 Å². The van der Waals surface area contributed by atoms with Crippen LogP contribution in [0.1, 0.15) is 31.9 Å². The quantitative estimate of drug-likeness (QED) is 0.762. The standard InChI is InChI=1S/C12H19NO2.ClH/c1-8(2)7-11(15)12(13)9-3-5-10(14)6-4-9;/h3-6,8,11-12,14-15H,7,13H2,1-2H3;1H/t11-,12+;/m1./s1. The third-order valence-corrected chi connectivity index (χ3v) is 2.41. The molecule has 0 aliphatic rings. The molecule has 1 aromatic rings. The van der Waals surface area contributed by atoms with Gasteiger partial charge in [0.2, 0.25) is 0 Å². The van der Waals surface area contributed by atoms with Gasteiger partial charge in [0, 0.05) is 0 Å². The minimum atomic E-state index is -0.533. The summed E-state index contributed by atoms with van der Waals surface area (Å²) >= 11 is 0. The first kappa shape index (κ1) is 15.2. The van der Waals surface area contributed by atoms with Crippen molar-refractivity contribution in [1.82, 2.24) is 0 Å². The Morgan fingerprint density at radius 3 is 2.12 bits per heavy atom. The smallest absolute Gasteiger partial charge is 0.115 e. The average molecular weight is 246 g/mol. The number of aromatic hydroxyl groups is 1. The molecule has 0 saturated carbocycles. The lowest BCUT2D eigenvalue weighted by Crippen LogP contribution is -2.27. The van der Waals surface area contributed by atoms with E-state index in [0.29, 0.717) is 12.3 Å². The Morgan fingerprint density at radius 1 is 1.19 bits per heavy atom. The highest BCUT2D eigenvalue weighted by molar-refractivity contribution is 5.85. The fourth-order valence-corrected chi connectivity index (χ4v) is 1.55. The monoisotopic (exact) mass is 245 g/mol. The molecule has 0 amide bonds. The van der Waals surface area contributed by atoms with Crippen molar-refractivity contribution in [1.29, 1.82) is 0 Å². The number of rotatable bonds is 4. The van der Waals surface area contributed by atoms with E-state index in [2.05, 4.69) is 0 Å². The molecule has 0 bridgehead atoms. The topological polar surface area (TPSA) is 66.5 Å². The summed E-state index contributed by atoms with van der Waals surface area (Å²) in [6, 6.07) is 6.26. The van der Waals surface area contributed by atoms with Gasteiger partial charge in [-0.1, -0.05) is 26.0 Å². The van der Waals surface area contributed by atoms with Crippen LogP contribution in [0, 0.1) is 5.92 Å². The van der Waals surface area contributed by atoms with Gasteiger partial charge in [0.25, 0.3) is 0 Å². The summed E-state index contributed by atoms with van der Waals surface area (Å²) in [4.78, 5) is 0. The van der Waals surface area contributed by atoms with E-state index in [4.69, 9.17) is 10.8 Å². The lowest BCUT2D eigenvalue weighted by molar-refractivity contribution is 0.121. The summed E-state index contributed by atoms with van der Waals surface area (Å²) in [5.74, 6) is 0.632. The Balaban J connectivity index is 0.00000225. The number of phenols is 1. The third kappa shape index (κ3) is 4.39. The van der Waals surface area contributed by atoms with Crippen LogP contribution in [0.2, 0.25) is 0 Å². The second-order valence-electron chi connectivity index (χ2n) is 4.31. The molecule has 4 N–H and O–H groups in total. The molecule has 1 rings (SSSR count). The van der Waals surface area contributed by atoms with E-state index in [1.165, 1.54) is 0 Å². The Labute approximate surface area is 103 Å². The molecule has 1 aromatic carbocycles. The summed E-state index contributed by atoms with van der Waals surface area (Å²) in [5, 5.41) is 18.9. The van der Waals surface area contributed by atoms with Gasteiger partial charge in [-0.15, -0.1) is 12.4 Å². The van der Waals surface area contributed by atoms with E-state index in [-0.39, 0.29) is 24.2 Å². The van der Waals surface area contributed by atoms with Gasteiger partial charge < -0.3 is 15.9 Å². The molecule has 0 unspecified atom stereocenters. The maximum atomic E-state index is 9.82. The van der Waals surface area contributed by atoms with E-state index >= 15 is 0 Å². The van der Waals surface area contributed by atoms with Gasteiger partial charge in [0.15, 0.2) is 0 Å². The van der Waals surface area contributed by atoms with Gasteiger partial charge in [-0.05, 0) is 30.0 Å². The van der Waals surface area contributed by atoms with Crippen molar-refractivity contribution < 1.29 is 10.2 Å². The number of aliphatic hydroxyl groups excluding tert-OH is 1. The number of benzene rings is 1. The lowest BCUT2D eigenvalue weighted by Gasteiger charge is -2.20. The molecule has 3 nitrogen and oxygen atoms in total. The largest absolute Gasteiger partial charge is 0.508 e. The molecule has 0 radical (unpaired) electrons. The summed E-state index contributed by atoms with van der Waals surface area (Å²) in [6.45, 7) is 4.10.